The summed E-state index contributed by atoms with van der Waals surface area (Å²) in [7, 11) is 0. The van der Waals surface area contributed by atoms with Gasteiger partial charge < -0.3 is 4.90 Å². The number of piperidine rings is 1. The van der Waals surface area contributed by atoms with Gasteiger partial charge in [0.25, 0.3) is 5.91 Å². The van der Waals surface area contributed by atoms with E-state index in [9.17, 15) is 13.6 Å². The van der Waals surface area contributed by atoms with Crippen molar-refractivity contribution in [3.63, 3.8) is 0 Å². The average molecular weight is 260 g/mol. The van der Waals surface area contributed by atoms with Crippen molar-refractivity contribution in [1.29, 1.82) is 0 Å². The van der Waals surface area contributed by atoms with Crippen LogP contribution in [0.2, 0.25) is 0 Å². The topological polar surface area (TPSA) is 20.3 Å². The molecule has 1 aliphatic rings. The number of alkyl halides is 1. The van der Waals surface area contributed by atoms with Crippen molar-refractivity contribution in [2.75, 3.05) is 13.1 Å². The molecule has 1 amide bonds. The molecule has 1 saturated heterocycles. The van der Waals surface area contributed by atoms with Crippen LogP contribution in [-0.2, 0) is 0 Å². The lowest BCUT2D eigenvalue weighted by Crippen LogP contribution is -2.38. The quantitative estimate of drug-likeness (QED) is 0.710. The maximum atomic E-state index is 13.0. The van der Waals surface area contributed by atoms with E-state index in [1.807, 2.05) is 0 Å². The van der Waals surface area contributed by atoms with E-state index in [0.29, 0.717) is 25.9 Å². The minimum atomic E-state index is -0.736. The number of hydrogen-bond acceptors (Lipinski definition) is 1. The van der Waals surface area contributed by atoms with Gasteiger partial charge in [0.05, 0.1) is 0 Å². The van der Waals surface area contributed by atoms with Crippen LogP contribution in [0, 0.1) is 11.6 Å². The van der Waals surface area contributed by atoms with Crippen molar-refractivity contribution >= 4 is 17.5 Å². The molecular formula is C12H12ClF2NO. The average Bonchev–Trinajstić information content (AvgIpc) is 2.28. The molecule has 0 spiro atoms. The Balaban J connectivity index is 2.14. The molecule has 0 unspecified atom stereocenters. The summed E-state index contributed by atoms with van der Waals surface area (Å²) in [6, 6.07) is 2.86. The molecular weight excluding hydrogens is 248 g/mol. The lowest BCUT2D eigenvalue weighted by molar-refractivity contribution is 0.0725. The molecule has 0 N–H and O–H groups in total. The second kappa shape index (κ2) is 5.00. The molecule has 0 radical (unpaired) electrons. The van der Waals surface area contributed by atoms with E-state index in [2.05, 4.69) is 0 Å². The fourth-order valence-corrected chi connectivity index (χ4v) is 2.11. The van der Waals surface area contributed by atoms with Crippen LogP contribution in [0.1, 0.15) is 23.2 Å². The molecule has 92 valence electrons. The highest BCUT2D eigenvalue weighted by Gasteiger charge is 2.22. The summed E-state index contributed by atoms with van der Waals surface area (Å²) in [5.41, 5.74) is 0.0514. The van der Waals surface area contributed by atoms with Crippen molar-refractivity contribution in [3.8, 4) is 0 Å². The van der Waals surface area contributed by atoms with Gasteiger partial charge in [0, 0.05) is 30.1 Å². The largest absolute Gasteiger partial charge is 0.339 e. The van der Waals surface area contributed by atoms with Gasteiger partial charge >= 0.3 is 0 Å². The van der Waals surface area contributed by atoms with E-state index in [0.717, 1.165) is 18.2 Å². The number of nitrogens with zero attached hydrogens (tertiary/aromatic N) is 1. The SMILES string of the molecule is O=C(c1cc(F)cc(F)c1)N1CCC(Cl)CC1. The van der Waals surface area contributed by atoms with E-state index in [1.165, 1.54) is 0 Å². The maximum absolute atomic E-state index is 13.0. The third-order valence-electron chi connectivity index (χ3n) is 2.82. The summed E-state index contributed by atoms with van der Waals surface area (Å²) in [5, 5.41) is 0.0864. The Morgan fingerprint density at radius 3 is 2.24 bits per heavy atom. The van der Waals surface area contributed by atoms with Gasteiger partial charge in [0.1, 0.15) is 11.6 Å². The summed E-state index contributed by atoms with van der Waals surface area (Å²) >= 11 is 5.93. The standard InChI is InChI=1S/C12H12ClF2NO/c13-9-1-3-16(4-2-9)12(17)8-5-10(14)7-11(15)6-8/h5-7,9H,1-4H2. The first-order valence-electron chi connectivity index (χ1n) is 5.45. The first-order chi connectivity index (χ1) is 8.06. The highest BCUT2D eigenvalue weighted by atomic mass is 35.5. The monoisotopic (exact) mass is 259 g/mol. The lowest BCUT2D eigenvalue weighted by Gasteiger charge is -2.29. The minimum Gasteiger partial charge on any atom is -0.339 e. The van der Waals surface area contributed by atoms with E-state index in [4.69, 9.17) is 11.6 Å². The second-order valence-electron chi connectivity index (χ2n) is 4.12. The molecule has 0 aromatic heterocycles. The molecule has 0 bridgehead atoms. The van der Waals surface area contributed by atoms with Crippen molar-refractivity contribution in [1.82, 2.24) is 4.90 Å². The van der Waals surface area contributed by atoms with E-state index in [1.54, 1.807) is 4.90 Å². The molecule has 5 heteroatoms. The molecule has 1 heterocycles. The van der Waals surface area contributed by atoms with Gasteiger partial charge in [-0.1, -0.05) is 0 Å². The zero-order valence-electron chi connectivity index (χ0n) is 9.13. The Morgan fingerprint density at radius 2 is 1.71 bits per heavy atom. The van der Waals surface area contributed by atoms with Crippen LogP contribution in [0.4, 0.5) is 8.78 Å². The van der Waals surface area contributed by atoms with Gasteiger partial charge in [-0.3, -0.25) is 4.79 Å². The highest BCUT2D eigenvalue weighted by Crippen LogP contribution is 2.18. The molecule has 0 saturated carbocycles. The van der Waals surface area contributed by atoms with Gasteiger partial charge in [0.2, 0.25) is 0 Å². The number of rotatable bonds is 1. The molecule has 0 aliphatic carbocycles. The van der Waals surface area contributed by atoms with Gasteiger partial charge in [-0.25, -0.2) is 8.78 Å². The molecule has 2 rings (SSSR count). The summed E-state index contributed by atoms with van der Waals surface area (Å²) in [6.07, 6.45) is 1.43. The Morgan fingerprint density at radius 1 is 1.18 bits per heavy atom. The number of halogens is 3. The van der Waals surface area contributed by atoms with Crippen molar-refractivity contribution in [2.45, 2.75) is 18.2 Å². The summed E-state index contributed by atoms with van der Waals surface area (Å²) in [6.45, 7) is 1.07. The van der Waals surface area contributed by atoms with Crippen LogP contribution in [-0.4, -0.2) is 29.3 Å². The van der Waals surface area contributed by atoms with E-state index < -0.39 is 11.6 Å². The fraction of sp³-hybridized carbons (Fsp3) is 0.417. The first-order valence-corrected chi connectivity index (χ1v) is 5.89. The van der Waals surface area contributed by atoms with Crippen LogP contribution in [0.5, 0.6) is 0 Å². The Bertz CT molecular complexity index is 410. The summed E-state index contributed by atoms with van der Waals surface area (Å²) < 4.78 is 26.0. The van der Waals surface area contributed by atoms with Crippen LogP contribution in [0.3, 0.4) is 0 Å². The number of carbonyl (C=O) groups excluding carboxylic acids is 1. The zero-order chi connectivity index (χ0) is 12.4. The predicted molar refractivity (Wildman–Crippen MR) is 61.1 cm³/mol. The van der Waals surface area contributed by atoms with Gasteiger partial charge in [-0.2, -0.15) is 0 Å². The first kappa shape index (κ1) is 12.3. The molecule has 1 aromatic rings. The maximum Gasteiger partial charge on any atom is 0.254 e. The predicted octanol–water partition coefficient (Wildman–Crippen LogP) is 2.81. The number of hydrogen-bond donors (Lipinski definition) is 0. The number of benzene rings is 1. The Hall–Kier alpha value is -1.16. The van der Waals surface area contributed by atoms with Crippen LogP contribution >= 0.6 is 11.6 Å². The van der Waals surface area contributed by atoms with Crippen LogP contribution in [0.25, 0.3) is 0 Å². The Labute approximate surface area is 103 Å². The summed E-state index contributed by atoms with van der Waals surface area (Å²) in [5.74, 6) is -1.81. The molecule has 17 heavy (non-hydrogen) atoms. The third kappa shape index (κ3) is 2.94. The van der Waals surface area contributed by atoms with Crippen molar-refractivity contribution in [2.24, 2.45) is 0 Å². The van der Waals surface area contributed by atoms with Crippen LogP contribution in [0.15, 0.2) is 18.2 Å². The number of amides is 1. The number of likely N-dealkylation sites (tertiary alicyclic amines) is 1. The minimum absolute atomic E-state index is 0.0514. The smallest absolute Gasteiger partial charge is 0.254 e. The lowest BCUT2D eigenvalue weighted by atomic mass is 10.1. The Kier molecular flexibility index (Phi) is 3.62. The van der Waals surface area contributed by atoms with Gasteiger partial charge in [-0.15, -0.1) is 11.6 Å². The summed E-state index contributed by atoms with van der Waals surface area (Å²) in [4.78, 5) is 13.5. The molecule has 1 aliphatic heterocycles. The van der Waals surface area contributed by atoms with Crippen molar-refractivity contribution < 1.29 is 13.6 Å². The molecule has 0 atom stereocenters. The van der Waals surface area contributed by atoms with E-state index >= 15 is 0 Å². The molecule has 1 aromatic carbocycles. The highest BCUT2D eigenvalue weighted by molar-refractivity contribution is 6.20. The third-order valence-corrected chi connectivity index (χ3v) is 3.26. The van der Waals surface area contributed by atoms with Gasteiger partial charge in [0.15, 0.2) is 0 Å². The normalized spacial score (nSPS) is 17.2. The van der Waals surface area contributed by atoms with E-state index in [-0.39, 0.29) is 16.8 Å². The second-order valence-corrected chi connectivity index (χ2v) is 4.74. The van der Waals surface area contributed by atoms with Crippen LogP contribution < -0.4 is 0 Å². The molecule has 1 fully saturated rings. The van der Waals surface area contributed by atoms with Gasteiger partial charge in [-0.05, 0) is 25.0 Å². The molecule has 2 nitrogen and oxygen atoms in total. The zero-order valence-corrected chi connectivity index (χ0v) is 9.88. The number of carbonyl (C=O) groups is 1. The fourth-order valence-electron chi connectivity index (χ4n) is 1.91. The van der Waals surface area contributed by atoms with Crippen molar-refractivity contribution in [3.05, 3.63) is 35.4 Å².